The molecule has 1 N–H and O–H groups in total. The average Bonchev–Trinajstić information content (AvgIpc) is 3.46. The molecule has 3 fully saturated rings. The van der Waals surface area contributed by atoms with Crippen LogP contribution in [0.2, 0.25) is 0 Å². The molecule has 4 atom stereocenters. The molecule has 2 aromatic rings. The zero-order valence-corrected chi connectivity index (χ0v) is 14.9. The molecule has 138 valence electrons. The van der Waals surface area contributed by atoms with E-state index in [1.807, 2.05) is 0 Å². The predicted molar refractivity (Wildman–Crippen MR) is 99.1 cm³/mol. The third-order valence-corrected chi connectivity index (χ3v) is 6.97. The zero-order valence-electron chi connectivity index (χ0n) is 25.2. The SMILES string of the molecule is [2H]c1sc(C(O)(C(=O)OC2CC3C4OC4C(C2)[N+]3(C([2H])([2H])[2H])C([2H])([2H])[2H])c2sc([2H])c([2H])c2[2H])c([2H])c1[2H]. The van der Waals surface area contributed by atoms with E-state index >= 15 is 0 Å². The van der Waals surface area contributed by atoms with Crippen LogP contribution in [0.15, 0.2) is 34.9 Å². The predicted octanol–water partition coefficient (Wildman–Crippen LogP) is 2.35. The molecular weight excluding hydrogens is 370 g/mol. The van der Waals surface area contributed by atoms with Crippen molar-refractivity contribution in [2.24, 2.45) is 0 Å². The molecule has 7 heteroatoms. The Kier molecular flexibility index (Phi) is 1.82. The van der Waals surface area contributed by atoms with Crippen LogP contribution in [0.5, 0.6) is 0 Å². The Morgan fingerprint density at radius 3 is 2.31 bits per heavy atom. The smallest absolute Gasteiger partial charge is 0.349 e. The van der Waals surface area contributed by atoms with E-state index in [1.165, 1.54) is 0 Å². The highest BCUT2D eigenvalue weighted by atomic mass is 32.1. The van der Waals surface area contributed by atoms with Crippen LogP contribution >= 0.6 is 22.7 Å². The maximum absolute atomic E-state index is 13.6. The summed E-state index contributed by atoms with van der Waals surface area (Å²) in [6.45, 7) is -5.82. The number of nitrogens with zero attached hydrogens (tertiary/aromatic N) is 1. The standard InChI is InChI=1S/C19H22NO4S2/c1-20(2)12-9-11(10-13(20)17-16(12)24-17)23-18(21)19(22,14-5-3-7-25-14)15-6-4-8-26-15/h3-8,11-13,16-17,22H,9-10H2,1-2H3/q+1/i1D3,2D3,3D,4D,5D,6D,7D,8D. The lowest BCUT2D eigenvalue weighted by atomic mass is 9.95. The first-order valence-electron chi connectivity index (χ1n) is 14.0. The first-order valence-corrected chi connectivity index (χ1v) is 9.64. The highest BCUT2D eigenvalue weighted by molar-refractivity contribution is 7.12. The summed E-state index contributed by atoms with van der Waals surface area (Å²) in [6, 6.07) is -4.53. The van der Waals surface area contributed by atoms with Crippen molar-refractivity contribution in [3.8, 4) is 0 Å². The molecule has 0 spiro atoms. The van der Waals surface area contributed by atoms with Gasteiger partial charge in [0.15, 0.2) is 0 Å². The number of aliphatic hydroxyl groups is 1. The number of piperidine rings is 1. The highest BCUT2D eigenvalue weighted by Gasteiger charge is 2.71. The van der Waals surface area contributed by atoms with E-state index in [0.717, 1.165) is 0 Å². The molecule has 0 aliphatic carbocycles. The number of thiophene rings is 2. The number of epoxide rings is 1. The van der Waals surface area contributed by atoms with Crippen molar-refractivity contribution in [3.63, 3.8) is 0 Å². The molecule has 0 amide bonds. The van der Waals surface area contributed by atoms with E-state index in [0.29, 0.717) is 22.7 Å². The Bertz CT molecular complexity index is 1230. The van der Waals surface area contributed by atoms with Crippen LogP contribution in [0.3, 0.4) is 0 Å². The second kappa shape index (κ2) is 5.62. The van der Waals surface area contributed by atoms with Crippen molar-refractivity contribution in [2.75, 3.05) is 14.0 Å². The van der Waals surface area contributed by atoms with Gasteiger partial charge in [0.2, 0.25) is 5.60 Å². The third kappa shape index (κ3) is 2.28. The van der Waals surface area contributed by atoms with Crippen molar-refractivity contribution in [1.82, 2.24) is 0 Å². The van der Waals surface area contributed by atoms with E-state index in [4.69, 9.17) is 25.9 Å². The number of morpholine rings is 1. The van der Waals surface area contributed by atoms with Crippen molar-refractivity contribution < 1.29 is 40.3 Å². The number of carbonyl (C=O) groups excluding carboxylic acids is 1. The van der Waals surface area contributed by atoms with Crippen molar-refractivity contribution >= 4 is 28.6 Å². The molecule has 0 saturated carbocycles. The van der Waals surface area contributed by atoms with Crippen molar-refractivity contribution in [1.29, 1.82) is 0 Å². The summed E-state index contributed by atoms with van der Waals surface area (Å²) >= 11 is 0.908. The molecule has 4 unspecified atom stereocenters. The van der Waals surface area contributed by atoms with Gasteiger partial charge in [-0.2, -0.15) is 0 Å². The second-order valence-electron chi connectivity index (χ2n) is 6.75. The molecular formula is C19H22NO4S2+. The first kappa shape index (κ1) is 8.41. The number of ether oxygens (including phenoxy) is 2. The number of fused-ring (bicyclic) bond motifs is 5. The van der Waals surface area contributed by atoms with Gasteiger partial charge in [0.25, 0.3) is 0 Å². The zero-order chi connectivity index (χ0) is 28.3. The van der Waals surface area contributed by atoms with E-state index in [-0.39, 0.29) is 12.8 Å². The Hall–Kier alpha value is -1.25. The molecule has 3 aliphatic heterocycles. The van der Waals surface area contributed by atoms with Crippen molar-refractivity contribution in [3.05, 3.63) is 44.6 Å². The van der Waals surface area contributed by atoms with Crippen LogP contribution in [0.25, 0.3) is 0 Å². The Labute approximate surface area is 177 Å². The van der Waals surface area contributed by atoms with Crippen LogP contribution in [0.4, 0.5) is 0 Å². The van der Waals surface area contributed by atoms with Gasteiger partial charge in [-0.3, -0.25) is 0 Å². The van der Waals surface area contributed by atoms with Gasteiger partial charge in [0.1, 0.15) is 30.4 Å². The Balaban J connectivity index is 1.53. The Morgan fingerprint density at radius 2 is 1.85 bits per heavy atom. The van der Waals surface area contributed by atoms with Gasteiger partial charge < -0.3 is 19.1 Å². The van der Waals surface area contributed by atoms with E-state index in [2.05, 4.69) is 0 Å². The van der Waals surface area contributed by atoms with E-state index < -0.39 is 105 Å². The fourth-order valence-electron chi connectivity index (χ4n) is 4.02. The summed E-state index contributed by atoms with van der Waals surface area (Å²) in [4.78, 5) is 12.7. The molecule has 2 bridgehead atoms. The largest absolute Gasteiger partial charge is 0.459 e. The monoisotopic (exact) mass is 404 g/mol. The average molecular weight is 405 g/mol. The quantitative estimate of drug-likeness (QED) is 0.483. The normalized spacial score (nSPS) is 42.0. The lowest BCUT2D eigenvalue weighted by Crippen LogP contribution is -2.60. The summed E-state index contributed by atoms with van der Waals surface area (Å²) in [5.74, 6) is -1.39. The minimum absolute atomic E-state index is 0.201. The lowest BCUT2D eigenvalue weighted by Gasteiger charge is -2.45. The minimum Gasteiger partial charge on any atom is -0.459 e. The van der Waals surface area contributed by atoms with Crippen LogP contribution in [-0.2, 0) is 19.9 Å². The number of hydrogen-bond donors (Lipinski definition) is 1. The number of esters is 1. The van der Waals surface area contributed by atoms with Gasteiger partial charge in [0, 0.05) is 12.8 Å². The number of hydrogen-bond acceptors (Lipinski definition) is 6. The van der Waals surface area contributed by atoms with Gasteiger partial charge in [-0.1, -0.05) is 12.1 Å². The maximum Gasteiger partial charge on any atom is 0.349 e. The molecule has 26 heavy (non-hydrogen) atoms. The number of carbonyl (C=O) groups is 1. The molecule has 5 nitrogen and oxygen atoms in total. The second-order valence-corrected chi connectivity index (χ2v) is 8.39. The Morgan fingerprint density at radius 1 is 1.27 bits per heavy atom. The summed E-state index contributed by atoms with van der Waals surface area (Å²) in [5, 5.41) is 10.9. The lowest BCUT2D eigenvalue weighted by molar-refractivity contribution is -0.938. The van der Waals surface area contributed by atoms with Crippen LogP contribution < -0.4 is 0 Å². The van der Waals surface area contributed by atoms with E-state index in [9.17, 15) is 9.90 Å². The van der Waals surface area contributed by atoms with Crippen molar-refractivity contribution in [2.45, 2.75) is 48.8 Å². The van der Waals surface area contributed by atoms with Gasteiger partial charge in [-0.05, 0) is 22.8 Å². The minimum atomic E-state index is -2.91. The molecule has 5 heterocycles. The first-order chi connectivity index (χ1) is 17.4. The summed E-state index contributed by atoms with van der Waals surface area (Å²) < 4.78 is 107. The van der Waals surface area contributed by atoms with Crippen LogP contribution in [0.1, 0.15) is 39.0 Å². The third-order valence-electron chi connectivity index (χ3n) is 5.36. The number of likely N-dealkylation sites (N-methyl/N-ethyl adjacent to an activating group) is 1. The molecule has 0 radical (unpaired) electrons. The fourth-order valence-corrected chi connectivity index (χ4v) is 5.36. The van der Waals surface area contributed by atoms with Gasteiger partial charge in [0.05, 0.1) is 40.2 Å². The fraction of sp³-hybridized carbons (Fsp3) is 0.526. The number of quaternary nitrogens is 1. The van der Waals surface area contributed by atoms with Gasteiger partial charge in [-0.25, -0.2) is 4.79 Å². The summed E-state index contributed by atoms with van der Waals surface area (Å²) in [5.41, 5.74) is -2.89. The van der Waals surface area contributed by atoms with Crippen LogP contribution in [0, 0.1) is 0 Å². The number of rotatable bonds is 4. The molecule has 0 aromatic carbocycles. The molecule has 5 rings (SSSR count). The highest BCUT2D eigenvalue weighted by Crippen LogP contribution is 2.52. The maximum atomic E-state index is 13.6. The topological polar surface area (TPSA) is 59.1 Å². The molecule has 2 aromatic heterocycles. The van der Waals surface area contributed by atoms with Gasteiger partial charge >= 0.3 is 5.97 Å². The van der Waals surface area contributed by atoms with Crippen LogP contribution in [-0.4, -0.2) is 59.9 Å². The summed E-state index contributed by atoms with van der Waals surface area (Å²) in [6.07, 6.45) is -2.74. The van der Waals surface area contributed by atoms with Gasteiger partial charge in [-0.15, -0.1) is 22.7 Å². The van der Waals surface area contributed by atoms with E-state index in [1.54, 1.807) is 0 Å². The molecule has 3 aliphatic rings. The molecule has 3 saturated heterocycles. The summed E-state index contributed by atoms with van der Waals surface area (Å²) in [7, 11) is 0.